The minimum Gasteiger partial charge on any atom is -0.478 e. The van der Waals surface area contributed by atoms with Gasteiger partial charge in [-0.05, 0) is 6.42 Å². The SMILES string of the molecule is CCCCOC(C#N)(C(=O)O)C(C)C. The molecule has 0 aromatic carbocycles. The quantitative estimate of drug-likeness (QED) is 0.662. The minimum absolute atomic E-state index is 0.314. The Balaban J connectivity index is 4.54. The zero-order valence-electron chi connectivity index (χ0n) is 8.91. The number of carboxylic acids is 1. The molecule has 0 amide bonds. The maximum absolute atomic E-state index is 10.9. The first-order valence-corrected chi connectivity index (χ1v) is 4.79. The first-order valence-electron chi connectivity index (χ1n) is 4.79. The monoisotopic (exact) mass is 199 g/mol. The van der Waals surface area contributed by atoms with Crippen LogP contribution in [0.25, 0.3) is 0 Å². The summed E-state index contributed by atoms with van der Waals surface area (Å²) in [6.45, 7) is 5.63. The molecule has 0 rings (SSSR count). The number of unbranched alkanes of at least 4 members (excludes halogenated alkanes) is 1. The van der Waals surface area contributed by atoms with Crippen molar-refractivity contribution in [2.24, 2.45) is 5.92 Å². The van der Waals surface area contributed by atoms with Crippen LogP contribution in [0.15, 0.2) is 0 Å². The van der Waals surface area contributed by atoms with Crippen molar-refractivity contribution in [2.75, 3.05) is 6.61 Å². The number of rotatable bonds is 6. The van der Waals surface area contributed by atoms with Crippen molar-refractivity contribution in [1.82, 2.24) is 0 Å². The number of hydrogen-bond acceptors (Lipinski definition) is 3. The Labute approximate surface area is 84.5 Å². The summed E-state index contributed by atoms with van der Waals surface area (Å²) in [4.78, 5) is 10.9. The average Bonchev–Trinajstić information content (AvgIpc) is 2.11. The zero-order valence-corrected chi connectivity index (χ0v) is 8.91. The van der Waals surface area contributed by atoms with Crippen LogP contribution in [-0.4, -0.2) is 23.3 Å². The molecule has 1 atom stereocenters. The third kappa shape index (κ3) is 2.71. The molecule has 0 bridgehead atoms. The van der Waals surface area contributed by atoms with Crippen molar-refractivity contribution in [3.8, 4) is 6.07 Å². The van der Waals surface area contributed by atoms with Crippen LogP contribution in [0.5, 0.6) is 0 Å². The lowest BCUT2D eigenvalue weighted by molar-refractivity contribution is -0.163. The largest absolute Gasteiger partial charge is 0.478 e. The molecule has 0 radical (unpaired) electrons. The predicted molar refractivity (Wildman–Crippen MR) is 51.7 cm³/mol. The van der Waals surface area contributed by atoms with Crippen molar-refractivity contribution in [3.63, 3.8) is 0 Å². The normalized spacial score (nSPS) is 14.8. The summed E-state index contributed by atoms with van der Waals surface area (Å²) in [5, 5.41) is 17.8. The summed E-state index contributed by atoms with van der Waals surface area (Å²) in [5.41, 5.74) is -1.69. The Hall–Kier alpha value is -1.08. The number of nitriles is 1. The molecular weight excluding hydrogens is 182 g/mol. The smallest absolute Gasteiger partial charge is 0.351 e. The minimum atomic E-state index is -1.69. The van der Waals surface area contributed by atoms with Crippen LogP contribution in [0.1, 0.15) is 33.6 Å². The van der Waals surface area contributed by atoms with Gasteiger partial charge in [0, 0.05) is 12.5 Å². The number of carbonyl (C=O) groups is 1. The lowest BCUT2D eigenvalue weighted by atomic mass is 9.92. The summed E-state index contributed by atoms with van der Waals surface area (Å²) < 4.78 is 5.18. The number of nitrogens with zero attached hydrogens (tertiary/aromatic N) is 1. The van der Waals surface area contributed by atoms with Gasteiger partial charge in [0.1, 0.15) is 6.07 Å². The van der Waals surface area contributed by atoms with Gasteiger partial charge in [-0.2, -0.15) is 5.26 Å². The second-order valence-corrected chi connectivity index (χ2v) is 3.51. The van der Waals surface area contributed by atoms with E-state index in [-0.39, 0.29) is 5.92 Å². The topological polar surface area (TPSA) is 70.3 Å². The standard InChI is InChI=1S/C10H17NO3/c1-4-5-6-14-10(7-11,8(2)3)9(12)13/h8H,4-6H2,1-3H3,(H,12,13). The third-order valence-corrected chi connectivity index (χ3v) is 2.12. The molecule has 1 N–H and O–H groups in total. The second-order valence-electron chi connectivity index (χ2n) is 3.51. The van der Waals surface area contributed by atoms with E-state index in [0.29, 0.717) is 6.61 Å². The molecule has 80 valence electrons. The maximum Gasteiger partial charge on any atom is 0.351 e. The van der Waals surface area contributed by atoms with Crippen LogP contribution in [0.2, 0.25) is 0 Å². The molecule has 0 aromatic heterocycles. The van der Waals surface area contributed by atoms with Gasteiger partial charge in [-0.3, -0.25) is 0 Å². The Bertz CT molecular complexity index is 232. The second kappa shape index (κ2) is 5.61. The van der Waals surface area contributed by atoms with Gasteiger partial charge < -0.3 is 9.84 Å². The van der Waals surface area contributed by atoms with Gasteiger partial charge >= 0.3 is 5.97 Å². The van der Waals surface area contributed by atoms with Crippen molar-refractivity contribution >= 4 is 5.97 Å². The van der Waals surface area contributed by atoms with Gasteiger partial charge in [-0.25, -0.2) is 4.79 Å². The highest BCUT2D eigenvalue weighted by atomic mass is 16.5. The van der Waals surface area contributed by atoms with Gasteiger partial charge in [-0.15, -0.1) is 0 Å². The molecule has 0 saturated carbocycles. The van der Waals surface area contributed by atoms with E-state index in [0.717, 1.165) is 12.8 Å². The highest BCUT2D eigenvalue weighted by Crippen LogP contribution is 2.22. The molecule has 0 fully saturated rings. The number of carboxylic acid groups (broad SMARTS) is 1. The molecule has 1 unspecified atom stereocenters. The fourth-order valence-corrected chi connectivity index (χ4v) is 1.06. The lowest BCUT2D eigenvalue weighted by Gasteiger charge is -2.25. The van der Waals surface area contributed by atoms with Crippen LogP contribution >= 0.6 is 0 Å². The van der Waals surface area contributed by atoms with Gasteiger partial charge in [0.15, 0.2) is 0 Å². The first kappa shape index (κ1) is 12.9. The molecule has 0 aliphatic heterocycles. The van der Waals surface area contributed by atoms with Gasteiger partial charge in [0.05, 0.1) is 0 Å². The Morgan fingerprint density at radius 3 is 2.50 bits per heavy atom. The van der Waals surface area contributed by atoms with E-state index >= 15 is 0 Å². The Morgan fingerprint density at radius 2 is 2.21 bits per heavy atom. The average molecular weight is 199 g/mol. The third-order valence-electron chi connectivity index (χ3n) is 2.12. The van der Waals surface area contributed by atoms with E-state index in [1.165, 1.54) is 0 Å². The molecule has 0 heterocycles. The van der Waals surface area contributed by atoms with Crippen LogP contribution in [-0.2, 0) is 9.53 Å². The summed E-state index contributed by atoms with van der Waals surface area (Å²) >= 11 is 0. The number of ether oxygens (including phenoxy) is 1. The first-order chi connectivity index (χ1) is 6.51. The number of aliphatic carboxylic acids is 1. The molecule has 14 heavy (non-hydrogen) atoms. The van der Waals surface area contributed by atoms with E-state index < -0.39 is 11.6 Å². The van der Waals surface area contributed by atoms with Gasteiger partial charge in [0.25, 0.3) is 5.60 Å². The fraction of sp³-hybridized carbons (Fsp3) is 0.800. The van der Waals surface area contributed by atoms with Crippen molar-refractivity contribution < 1.29 is 14.6 Å². The van der Waals surface area contributed by atoms with Crippen molar-refractivity contribution in [3.05, 3.63) is 0 Å². The van der Waals surface area contributed by atoms with Crippen molar-refractivity contribution in [2.45, 2.75) is 39.2 Å². The van der Waals surface area contributed by atoms with E-state index in [1.54, 1.807) is 19.9 Å². The van der Waals surface area contributed by atoms with Crippen LogP contribution in [0.4, 0.5) is 0 Å². The molecular formula is C10H17NO3. The summed E-state index contributed by atoms with van der Waals surface area (Å²) in [5.74, 6) is -1.56. The zero-order chi connectivity index (χ0) is 11.2. The molecule has 4 heteroatoms. The summed E-state index contributed by atoms with van der Waals surface area (Å²) in [6, 6.07) is 1.75. The molecule has 0 spiro atoms. The Kier molecular flexibility index (Phi) is 5.18. The van der Waals surface area contributed by atoms with E-state index in [1.807, 2.05) is 6.92 Å². The molecule has 0 aromatic rings. The van der Waals surface area contributed by atoms with Gasteiger partial charge in [0.2, 0.25) is 0 Å². The fourth-order valence-electron chi connectivity index (χ4n) is 1.06. The van der Waals surface area contributed by atoms with E-state index in [9.17, 15) is 4.79 Å². The molecule has 0 aliphatic rings. The van der Waals surface area contributed by atoms with E-state index in [2.05, 4.69) is 0 Å². The predicted octanol–water partition coefficient (Wildman–Crippen LogP) is 1.81. The van der Waals surface area contributed by atoms with E-state index in [4.69, 9.17) is 15.1 Å². The highest BCUT2D eigenvalue weighted by Gasteiger charge is 2.43. The number of hydrogen-bond donors (Lipinski definition) is 1. The summed E-state index contributed by atoms with van der Waals surface area (Å²) in [7, 11) is 0. The van der Waals surface area contributed by atoms with Crippen molar-refractivity contribution in [1.29, 1.82) is 5.26 Å². The van der Waals surface area contributed by atoms with Crippen LogP contribution in [0, 0.1) is 17.2 Å². The molecule has 4 nitrogen and oxygen atoms in total. The maximum atomic E-state index is 10.9. The van der Waals surface area contributed by atoms with Gasteiger partial charge in [-0.1, -0.05) is 27.2 Å². The Morgan fingerprint density at radius 1 is 1.64 bits per heavy atom. The molecule has 0 saturated heterocycles. The summed E-state index contributed by atoms with van der Waals surface area (Å²) in [6.07, 6.45) is 1.68. The lowest BCUT2D eigenvalue weighted by Crippen LogP contribution is -2.45. The van der Waals surface area contributed by atoms with Crippen LogP contribution in [0.3, 0.4) is 0 Å². The van der Waals surface area contributed by atoms with Crippen LogP contribution < -0.4 is 0 Å². The highest BCUT2D eigenvalue weighted by molar-refractivity contribution is 5.81. The molecule has 0 aliphatic carbocycles.